The smallest absolute Gasteiger partial charge is 0.120 e. The molecule has 0 aliphatic heterocycles. The van der Waals surface area contributed by atoms with E-state index in [0.29, 0.717) is 5.02 Å². The minimum absolute atomic E-state index is 0.296. The molecule has 1 heterocycles. The van der Waals surface area contributed by atoms with Gasteiger partial charge in [0, 0.05) is 10.6 Å². The molecular formula is C15H18ClNO2. The second kappa shape index (κ2) is 5.27. The van der Waals surface area contributed by atoms with Crippen molar-refractivity contribution < 1.29 is 9.15 Å². The Morgan fingerprint density at radius 1 is 1.21 bits per heavy atom. The Morgan fingerprint density at radius 3 is 2.37 bits per heavy atom. The second-order valence-electron chi connectivity index (χ2n) is 4.62. The van der Waals surface area contributed by atoms with Crippen molar-refractivity contribution in [2.75, 3.05) is 7.11 Å². The van der Waals surface area contributed by atoms with E-state index in [4.69, 9.17) is 26.5 Å². The van der Waals surface area contributed by atoms with Crippen LogP contribution in [0.25, 0.3) is 0 Å². The molecule has 0 aliphatic carbocycles. The van der Waals surface area contributed by atoms with E-state index in [1.807, 2.05) is 32.9 Å². The Kier molecular flexibility index (Phi) is 3.88. The summed E-state index contributed by atoms with van der Waals surface area (Å²) >= 11 is 6.27. The molecule has 0 saturated heterocycles. The number of halogens is 1. The van der Waals surface area contributed by atoms with Crippen molar-refractivity contribution >= 4 is 11.6 Å². The lowest BCUT2D eigenvalue weighted by atomic mass is 9.96. The number of furan rings is 1. The van der Waals surface area contributed by atoms with Crippen LogP contribution in [0, 0.1) is 20.8 Å². The van der Waals surface area contributed by atoms with Crippen molar-refractivity contribution in [1.29, 1.82) is 0 Å². The van der Waals surface area contributed by atoms with Crippen LogP contribution in [-0.2, 0) is 0 Å². The summed E-state index contributed by atoms with van der Waals surface area (Å²) in [6, 6.07) is 5.23. The highest BCUT2D eigenvalue weighted by Crippen LogP contribution is 2.34. The normalized spacial score (nSPS) is 12.5. The number of hydrogen-bond donors (Lipinski definition) is 1. The lowest BCUT2D eigenvalue weighted by Gasteiger charge is -2.15. The van der Waals surface area contributed by atoms with Crippen molar-refractivity contribution in [1.82, 2.24) is 0 Å². The van der Waals surface area contributed by atoms with Gasteiger partial charge in [0.2, 0.25) is 0 Å². The van der Waals surface area contributed by atoms with Crippen molar-refractivity contribution in [3.05, 3.63) is 51.4 Å². The molecule has 0 saturated carbocycles. The molecule has 0 fully saturated rings. The molecule has 2 N–H and O–H groups in total. The number of ether oxygens (including phenoxy) is 1. The van der Waals surface area contributed by atoms with Crippen molar-refractivity contribution in [2.45, 2.75) is 26.8 Å². The maximum absolute atomic E-state index is 6.34. The molecule has 19 heavy (non-hydrogen) atoms. The Labute approximate surface area is 118 Å². The van der Waals surface area contributed by atoms with E-state index in [1.54, 1.807) is 13.2 Å². The Balaban J connectivity index is 2.47. The van der Waals surface area contributed by atoms with E-state index in [0.717, 1.165) is 34.0 Å². The van der Waals surface area contributed by atoms with Gasteiger partial charge in [-0.1, -0.05) is 17.7 Å². The first kappa shape index (κ1) is 14.0. The summed E-state index contributed by atoms with van der Waals surface area (Å²) in [5, 5.41) is 0.601. The number of hydrogen-bond acceptors (Lipinski definition) is 3. The fourth-order valence-corrected chi connectivity index (χ4v) is 2.60. The molecule has 0 spiro atoms. The van der Waals surface area contributed by atoms with Gasteiger partial charge in [0.25, 0.3) is 0 Å². The molecule has 0 amide bonds. The molecule has 0 aliphatic rings. The highest BCUT2D eigenvalue weighted by Gasteiger charge is 2.21. The zero-order chi connectivity index (χ0) is 14.2. The summed E-state index contributed by atoms with van der Waals surface area (Å²) in [6.07, 6.45) is 0. The van der Waals surface area contributed by atoms with Crippen molar-refractivity contribution in [3.63, 3.8) is 0 Å². The predicted octanol–water partition coefficient (Wildman–Crippen LogP) is 3.91. The number of rotatable bonds is 3. The highest BCUT2D eigenvalue weighted by molar-refractivity contribution is 6.31. The number of nitrogens with two attached hydrogens (primary N) is 1. The third-order valence-corrected chi connectivity index (χ3v) is 3.80. The van der Waals surface area contributed by atoms with Gasteiger partial charge in [-0.3, -0.25) is 0 Å². The Bertz CT molecular complexity index is 604. The third kappa shape index (κ3) is 2.48. The first-order valence-electron chi connectivity index (χ1n) is 6.11. The standard InChI is InChI=1S/C15H18ClNO2/c1-8-9(2)19-10(3)14(8)15(17)12-6-5-11(18-4)7-13(12)16/h5-7,15H,17H2,1-4H3. The average Bonchev–Trinajstić information content (AvgIpc) is 2.62. The molecule has 1 aromatic carbocycles. The van der Waals surface area contributed by atoms with Gasteiger partial charge in [0.1, 0.15) is 17.3 Å². The molecule has 0 bridgehead atoms. The summed E-state index contributed by atoms with van der Waals surface area (Å²) < 4.78 is 10.8. The van der Waals surface area contributed by atoms with Crippen LogP contribution in [0.1, 0.15) is 34.3 Å². The van der Waals surface area contributed by atoms with Gasteiger partial charge < -0.3 is 14.9 Å². The van der Waals surface area contributed by atoms with E-state index in [1.165, 1.54) is 0 Å². The van der Waals surface area contributed by atoms with E-state index < -0.39 is 0 Å². The van der Waals surface area contributed by atoms with Crippen molar-refractivity contribution in [2.24, 2.45) is 5.73 Å². The van der Waals surface area contributed by atoms with Gasteiger partial charge >= 0.3 is 0 Å². The second-order valence-corrected chi connectivity index (χ2v) is 5.03. The van der Waals surface area contributed by atoms with Gasteiger partial charge in [-0.25, -0.2) is 0 Å². The number of benzene rings is 1. The quantitative estimate of drug-likeness (QED) is 0.926. The molecular weight excluding hydrogens is 262 g/mol. The van der Waals surface area contributed by atoms with Gasteiger partial charge in [0.15, 0.2) is 0 Å². The predicted molar refractivity (Wildman–Crippen MR) is 77.0 cm³/mol. The van der Waals surface area contributed by atoms with Crippen LogP contribution < -0.4 is 10.5 Å². The lowest BCUT2D eigenvalue weighted by molar-refractivity contribution is 0.414. The van der Waals surface area contributed by atoms with Crippen LogP contribution in [0.2, 0.25) is 5.02 Å². The van der Waals surface area contributed by atoms with Gasteiger partial charge in [0.05, 0.1) is 13.2 Å². The first-order valence-corrected chi connectivity index (χ1v) is 6.49. The van der Waals surface area contributed by atoms with E-state index >= 15 is 0 Å². The van der Waals surface area contributed by atoms with Crippen LogP contribution in [0.15, 0.2) is 22.6 Å². The van der Waals surface area contributed by atoms with Crippen LogP contribution in [-0.4, -0.2) is 7.11 Å². The SMILES string of the molecule is COc1ccc(C(N)c2c(C)oc(C)c2C)c(Cl)c1. The fourth-order valence-electron chi connectivity index (χ4n) is 2.31. The first-order chi connectivity index (χ1) is 8.95. The minimum atomic E-state index is -0.296. The van der Waals surface area contributed by atoms with Gasteiger partial charge in [-0.2, -0.15) is 0 Å². The van der Waals surface area contributed by atoms with Crippen LogP contribution >= 0.6 is 11.6 Å². The molecule has 3 nitrogen and oxygen atoms in total. The molecule has 1 aromatic heterocycles. The van der Waals surface area contributed by atoms with E-state index in [-0.39, 0.29) is 6.04 Å². The van der Waals surface area contributed by atoms with E-state index in [2.05, 4.69) is 0 Å². The molecule has 2 aromatic rings. The van der Waals surface area contributed by atoms with Crippen molar-refractivity contribution in [3.8, 4) is 5.75 Å². The molecule has 1 atom stereocenters. The monoisotopic (exact) mass is 279 g/mol. The number of aryl methyl sites for hydroxylation is 2. The van der Waals surface area contributed by atoms with Crippen LogP contribution in [0.3, 0.4) is 0 Å². The lowest BCUT2D eigenvalue weighted by Crippen LogP contribution is -2.14. The minimum Gasteiger partial charge on any atom is -0.497 e. The van der Waals surface area contributed by atoms with E-state index in [9.17, 15) is 0 Å². The average molecular weight is 280 g/mol. The molecule has 4 heteroatoms. The van der Waals surface area contributed by atoms with Crippen LogP contribution in [0.5, 0.6) is 5.75 Å². The molecule has 2 rings (SSSR count). The highest BCUT2D eigenvalue weighted by atomic mass is 35.5. The summed E-state index contributed by atoms with van der Waals surface area (Å²) in [7, 11) is 1.61. The summed E-state index contributed by atoms with van der Waals surface area (Å²) in [5.74, 6) is 2.46. The maximum Gasteiger partial charge on any atom is 0.120 e. The zero-order valence-corrected chi connectivity index (χ0v) is 12.3. The van der Waals surface area contributed by atoms with Crippen LogP contribution in [0.4, 0.5) is 0 Å². The zero-order valence-electron chi connectivity index (χ0n) is 11.6. The maximum atomic E-state index is 6.34. The summed E-state index contributed by atoms with van der Waals surface area (Å²) in [4.78, 5) is 0. The topological polar surface area (TPSA) is 48.4 Å². The molecule has 0 radical (unpaired) electrons. The largest absolute Gasteiger partial charge is 0.497 e. The Morgan fingerprint density at radius 2 is 1.89 bits per heavy atom. The summed E-state index contributed by atoms with van der Waals surface area (Å²) in [5.41, 5.74) is 9.29. The summed E-state index contributed by atoms with van der Waals surface area (Å²) in [6.45, 7) is 5.87. The molecule has 102 valence electrons. The Hall–Kier alpha value is -1.45. The van der Waals surface area contributed by atoms with Gasteiger partial charge in [-0.15, -0.1) is 0 Å². The third-order valence-electron chi connectivity index (χ3n) is 3.47. The number of methoxy groups -OCH3 is 1. The molecule has 1 unspecified atom stereocenters. The van der Waals surface area contributed by atoms with Gasteiger partial charge in [-0.05, 0) is 44.0 Å². The fraction of sp³-hybridized carbons (Fsp3) is 0.333.